The molecule has 5 nitrogen and oxygen atoms in total. The van der Waals surface area contributed by atoms with Crippen molar-refractivity contribution >= 4 is 65.3 Å². The third-order valence-electron chi connectivity index (χ3n) is 10.1. The van der Waals surface area contributed by atoms with E-state index in [1.807, 2.05) is 30.5 Å². The molecule has 0 radical (unpaired) electrons. The molecule has 1 aliphatic heterocycles. The molecule has 0 saturated carbocycles. The molecule has 10 rings (SSSR count). The topological polar surface area (TPSA) is 33.5 Å². The van der Waals surface area contributed by atoms with Crippen LogP contribution in [0, 0.1) is 18.8 Å². The van der Waals surface area contributed by atoms with Gasteiger partial charge in [-0.2, -0.15) is 12.1 Å². The summed E-state index contributed by atoms with van der Waals surface area (Å²) in [5, 5.41) is 2.31. The number of pyridine rings is 1. The zero-order valence-corrected chi connectivity index (χ0v) is 33.5. The molecule has 55 heavy (non-hydrogen) atoms. The first-order valence-corrected chi connectivity index (χ1v) is 18.9. The number of benzene rings is 6. The molecule has 4 heterocycles. The Morgan fingerprint density at radius 2 is 1.35 bits per heavy atom. The van der Waals surface area contributed by atoms with Gasteiger partial charge in [-0.05, 0) is 58.5 Å². The first-order chi connectivity index (χ1) is 26.4. The van der Waals surface area contributed by atoms with Gasteiger partial charge in [0.1, 0.15) is 5.82 Å². The predicted molar refractivity (Wildman–Crippen MR) is 224 cm³/mol. The van der Waals surface area contributed by atoms with Crippen molar-refractivity contribution in [2.75, 3.05) is 9.80 Å². The van der Waals surface area contributed by atoms with E-state index in [2.05, 4.69) is 175 Å². The average Bonchev–Trinajstić information content (AvgIpc) is 3.87. The van der Waals surface area contributed by atoms with Crippen molar-refractivity contribution in [1.29, 1.82) is 0 Å². The number of para-hydroxylation sites is 3. The van der Waals surface area contributed by atoms with Gasteiger partial charge in [0, 0.05) is 70.6 Å². The van der Waals surface area contributed by atoms with Crippen molar-refractivity contribution in [2.45, 2.75) is 26.2 Å². The smallest absolute Gasteiger partial charge is 0.136 e. The second-order valence-electron chi connectivity index (χ2n) is 14.6. The van der Waals surface area contributed by atoms with E-state index in [-0.39, 0.29) is 26.5 Å². The van der Waals surface area contributed by atoms with Gasteiger partial charge < -0.3 is 19.1 Å². The summed E-state index contributed by atoms with van der Waals surface area (Å²) in [5.41, 5.74) is 9.81. The van der Waals surface area contributed by atoms with E-state index in [1.165, 1.54) is 20.3 Å². The summed E-state index contributed by atoms with van der Waals surface area (Å²) < 4.78 is 11.3. The van der Waals surface area contributed by atoms with Crippen LogP contribution in [0.2, 0.25) is 0 Å². The monoisotopic (exact) mass is 910 g/mol. The molecule has 9 aromatic rings. The van der Waals surface area contributed by atoms with Crippen molar-refractivity contribution in [3.8, 4) is 28.4 Å². The van der Waals surface area contributed by atoms with Crippen LogP contribution in [0.5, 0.6) is 11.5 Å². The van der Waals surface area contributed by atoms with E-state index in [9.17, 15) is 0 Å². The van der Waals surface area contributed by atoms with Gasteiger partial charge in [0.2, 0.25) is 0 Å². The Hall–Kier alpha value is -5.68. The Morgan fingerprint density at radius 3 is 2.16 bits per heavy atom. The molecule has 0 amide bonds. The Kier molecular flexibility index (Phi) is 8.84. The number of thiophene rings is 1. The fourth-order valence-electron chi connectivity index (χ4n) is 7.58. The molecule has 272 valence electrons. The predicted octanol–water partition coefficient (Wildman–Crippen LogP) is 13.2. The van der Waals surface area contributed by atoms with Crippen LogP contribution in [-0.4, -0.2) is 9.55 Å². The Labute approximate surface area is 339 Å². The number of rotatable bonds is 6. The van der Waals surface area contributed by atoms with Gasteiger partial charge in [0.25, 0.3) is 0 Å². The van der Waals surface area contributed by atoms with E-state index < -0.39 is 0 Å². The van der Waals surface area contributed by atoms with Crippen LogP contribution in [-0.2, 0) is 26.5 Å². The normalized spacial score (nSPS) is 12.7. The number of anilines is 4. The van der Waals surface area contributed by atoms with Crippen molar-refractivity contribution in [1.82, 2.24) is 9.55 Å². The molecule has 0 fully saturated rings. The zero-order valence-electron chi connectivity index (χ0n) is 30.4. The molecule has 7 heteroatoms. The number of ether oxygens (including phenoxy) is 1. The fourth-order valence-corrected chi connectivity index (χ4v) is 8.79. The maximum absolute atomic E-state index is 6.60. The summed E-state index contributed by atoms with van der Waals surface area (Å²) in [6, 6.07) is 57.8. The molecule has 0 saturated heterocycles. The maximum atomic E-state index is 6.60. The number of aromatic nitrogens is 2. The van der Waals surface area contributed by atoms with Crippen LogP contribution < -0.4 is 14.5 Å². The largest absolute Gasteiger partial charge is 0.509 e. The van der Waals surface area contributed by atoms with E-state index in [4.69, 9.17) is 9.72 Å². The standard InChI is InChI=1S/C48H35N4OS.Pt/c1-48(2,3)39-19-8-9-20-40(39)51-31-50(41-21-10-11-22-42(41)51)34-16-13-17-35(29-34)53-36-24-25-37-43(30-36)52(46-38-18-7-12-23-44(38)54-47(37)46)45-28-33(26-27-49-45)32-14-5-4-6-15-32;/h4-28,31H,1-3H3;/q-3;. The van der Waals surface area contributed by atoms with Crippen LogP contribution in [0.15, 0.2) is 152 Å². The molecule has 0 spiro atoms. The van der Waals surface area contributed by atoms with Crippen LogP contribution in [0.25, 0.3) is 48.2 Å². The second-order valence-corrected chi connectivity index (χ2v) is 15.6. The van der Waals surface area contributed by atoms with Crippen molar-refractivity contribution in [3.63, 3.8) is 0 Å². The third kappa shape index (κ3) is 6.10. The van der Waals surface area contributed by atoms with Gasteiger partial charge in [-0.15, -0.1) is 54.0 Å². The molecule has 1 aliphatic rings. The van der Waals surface area contributed by atoms with Crippen molar-refractivity contribution in [2.24, 2.45) is 0 Å². The Morgan fingerprint density at radius 1 is 0.636 bits per heavy atom. The molecule has 0 unspecified atom stereocenters. The summed E-state index contributed by atoms with van der Waals surface area (Å²) in [4.78, 5) is 9.38. The summed E-state index contributed by atoms with van der Waals surface area (Å²) >= 11 is 1.80. The minimum atomic E-state index is -0.0207. The van der Waals surface area contributed by atoms with E-state index in [1.54, 1.807) is 11.3 Å². The van der Waals surface area contributed by atoms with Crippen LogP contribution >= 0.6 is 11.3 Å². The van der Waals surface area contributed by atoms with Gasteiger partial charge in [-0.25, -0.2) is 4.98 Å². The van der Waals surface area contributed by atoms with Gasteiger partial charge in [-0.3, -0.25) is 0 Å². The Bertz CT molecular complexity index is 2850. The molecule has 3 aromatic heterocycles. The molecule has 0 atom stereocenters. The van der Waals surface area contributed by atoms with Gasteiger partial charge in [0.15, 0.2) is 0 Å². The quantitative estimate of drug-likeness (QED) is 0.156. The number of fused-ring (bicyclic) bond motifs is 6. The molecular weight excluding hydrogens is 876 g/mol. The zero-order chi connectivity index (χ0) is 36.4. The molecule has 0 bridgehead atoms. The third-order valence-corrected chi connectivity index (χ3v) is 11.3. The van der Waals surface area contributed by atoms with Crippen LogP contribution in [0.3, 0.4) is 0 Å². The van der Waals surface area contributed by atoms with Gasteiger partial charge in [0.05, 0.1) is 5.52 Å². The van der Waals surface area contributed by atoms with Crippen molar-refractivity contribution < 1.29 is 25.8 Å². The summed E-state index contributed by atoms with van der Waals surface area (Å²) in [6.07, 6.45) is 1.89. The average molecular weight is 911 g/mol. The minimum Gasteiger partial charge on any atom is -0.509 e. The van der Waals surface area contributed by atoms with E-state index >= 15 is 0 Å². The minimum absolute atomic E-state index is 0. The van der Waals surface area contributed by atoms with Crippen LogP contribution in [0.1, 0.15) is 26.3 Å². The van der Waals surface area contributed by atoms with Gasteiger partial charge >= 0.3 is 0 Å². The number of hydrogen-bond donors (Lipinski definition) is 0. The van der Waals surface area contributed by atoms with Crippen molar-refractivity contribution in [3.05, 3.63) is 176 Å². The summed E-state index contributed by atoms with van der Waals surface area (Å²) in [5.74, 6) is 2.05. The molecular formula is C48H35N4OPtS-3. The first-order valence-electron chi connectivity index (χ1n) is 18.1. The fraction of sp³-hybridized carbons (Fsp3) is 0.0833. The maximum Gasteiger partial charge on any atom is 0.136 e. The molecule has 6 aromatic carbocycles. The first kappa shape index (κ1) is 35.0. The van der Waals surface area contributed by atoms with Crippen LogP contribution in [0.4, 0.5) is 22.7 Å². The van der Waals surface area contributed by atoms with E-state index in [0.29, 0.717) is 11.5 Å². The number of hydrogen-bond acceptors (Lipinski definition) is 5. The SMILES string of the molecule is CC(C)(C)c1ccccc1N1[CH-]N(c2[c-]c(Oc3[c-]c4c(cc3)c3sc5ccccc5c3n4-c3cc(-c4ccccc4)ccn3)ccc2)c2ccccc21.[Pt]. The second kappa shape index (κ2) is 13.9. The van der Waals surface area contributed by atoms with Gasteiger partial charge in [-0.1, -0.05) is 111 Å². The molecule has 0 aliphatic carbocycles. The summed E-state index contributed by atoms with van der Waals surface area (Å²) in [7, 11) is 0. The molecule has 0 N–H and O–H groups in total. The summed E-state index contributed by atoms with van der Waals surface area (Å²) in [6.45, 7) is 8.93. The Balaban J connectivity index is 0.00000397. The number of nitrogens with zero attached hydrogens (tertiary/aromatic N) is 4. The van der Waals surface area contributed by atoms with E-state index in [0.717, 1.165) is 56.1 Å².